The number of hydrogen-bond donors (Lipinski definition) is 1. The Hall–Kier alpha value is -1.98. The summed E-state index contributed by atoms with van der Waals surface area (Å²) < 4.78 is 2.01. The highest BCUT2D eigenvalue weighted by atomic mass is 32.1. The molecule has 1 aliphatic rings. The van der Waals surface area contributed by atoms with Crippen molar-refractivity contribution < 1.29 is 0 Å². The molecule has 0 aliphatic carbocycles. The van der Waals surface area contributed by atoms with Crippen LogP contribution in [0.2, 0.25) is 0 Å². The topological polar surface area (TPSA) is 42.7 Å². The molecule has 0 bridgehead atoms. The van der Waals surface area contributed by atoms with Gasteiger partial charge in [0.05, 0.1) is 10.6 Å². The largest absolute Gasteiger partial charge is 0.312 e. The quantitative estimate of drug-likeness (QED) is 0.785. The third-order valence-corrected chi connectivity index (χ3v) is 4.43. The highest BCUT2D eigenvalue weighted by molar-refractivity contribution is 7.13. The van der Waals surface area contributed by atoms with E-state index in [2.05, 4.69) is 27.8 Å². The maximum atomic E-state index is 4.83. The molecule has 3 aromatic heterocycles. The Morgan fingerprint density at radius 1 is 1.20 bits per heavy atom. The third kappa shape index (κ3) is 1.87. The van der Waals surface area contributed by atoms with Crippen molar-refractivity contribution >= 4 is 11.3 Å². The van der Waals surface area contributed by atoms with Gasteiger partial charge in [0, 0.05) is 31.3 Å². The van der Waals surface area contributed by atoms with E-state index >= 15 is 0 Å². The van der Waals surface area contributed by atoms with E-state index in [-0.39, 0.29) is 0 Å². The molecule has 0 atom stereocenters. The van der Waals surface area contributed by atoms with E-state index in [0.717, 1.165) is 31.0 Å². The van der Waals surface area contributed by atoms with Crippen molar-refractivity contribution in [1.29, 1.82) is 0 Å². The van der Waals surface area contributed by atoms with Crippen LogP contribution >= 0.6 is 11.3 Å². The van der Waals surface area contributed by atoms with Crippen molar-refractivity contribution in [3.63, 3.8) is 0 Å². The standard InChI is InChI=1S/C15H14N4S/c1-2-7-17-14(5-1)19-12-6-8-16-10-11(12)15(18-19)13-4-3-9-20-13/h1-5,7,9,16H,6,8,10H2. The Morgan fingerprint density at radius 2 is 2.20 bits per heavy atom. The molecule has 4 heterocycles. The zero-order chi connectivity index (χ0) is 13.4. The summed E-state index contributed by atoms with van der Waals surface area (Å²) in [5, 5.41) is 10.4. The minimum atomic E-state index is 0.884. The minimum Gasteiger partial charge on any atom is -0.312 e. The van der Waals surface area contributed by atoms with E-state index in [1.54, 1.807) is 11.3 Å². The number of thiophene rings is 1. The molecule has 0 radical (unpaired) electrons. The molecule has 0 unspecified atom stereocenters. The maximum Gasteiger partial charge on any atom is 0.153 e. The Balaban J connectivity index is 1.92. The van der Waals surface area contributed by atoms with Gasteiger partial charge in [0.25, 0.3) is 0 Å². The van der Waals surface area contributed by atoms with Crippen LogP contribution in [0.3, 0.4) is 0 Å². The molecule has 0 amide bonds. The molecule has 0 spiro atoms. The molecular weight excluding hydrogens is 268 g/mol. The van der Waals surface area contributed by atoms with Gasteiger partial charge in [0.2, 0.25) is 0 Å². The van der Waals surface area contributed by atoms with Crippen LogP contribution in [0.15, 0.2) is 41.9 Å². The maximum absolute atomic E-state index is 4.83. The van der Waals surface area contributed by atoms with Crippen molar-refractivity contribution in [3.8, 4) is 16.4 Å². The van der Waals surface area contributed by atoms with E-state index in [1.807, 2.05) is 29.1 Å². The van der Waals surface area contributed by atoms with Crippen LogP contribution in [-0.4, -0.2) is 21.3 Å². The van der Waals surface area contributed by atoms with Crippen LogP contribution in [-0.2, 0) is 13.0 Å². The Morgan fingerprint density at radius 3 is 3.00 bits per heavy atom. The highest BCUT2D eigenvalue weighted by Crippen LogP contribution is 2.31. The van der Waals surface area contributed by atoms with Crippen molar-refractivity contribution in [2.45, 2.75) is 13.0 Å². The molecule has 3 aromatic rings. The fraction of sp³-hybridized carbons (Fsp3) is 0.200. The molecule has 0 fully saturated rings. The van der Waals surface area contributed by atoms with Crippen molar-refractivity contribution in [2.24, 2.45) is 0 Å². The monoisotopic (exact) mass is 282 g/mol. The number of rotatable bonds is 2. The van der Waals surface area contributed by atoms with E-state index < -0.39 is 0 Å². The number of nitrogens with one attached hydrogen (secondary N) is 1. The summed E-state index contributed by atoms with van der Waals surface area (Å²) in [7, 11) is 0. The average Bonchev–Trinajstić information content (AvgIpc) is 3.15. The van der Waals surface area contributed by atoms with Crippen molar-refractivity contribution in [1.82, 2.24) is 20.1 Å². The van der Waals surface area contributed by atoms with E-state index in [9.17, 15) is 0 Å². The van der Waals surface area contributed by atoms with Crippen LogP contribution in [0.5, 0.6) is 0 Å². The second kappa shape index (κ2) is 4.85. The lowest BCUT2D eigenvalue weighted by atomic mass is 10.1. The fourth-order valence-corrected chi connectivity index (χ4v) is 3.36. The van der Waals surface area contributed by atoms with Crippen LogP contribution in [0, 0.1) is 0 Å². The summed E-state index contributed by atoms with van der Waals surface area (Å²) in [6.45, 7) is 1.88. The highest BCUT2D eigenvalue weighted by Gasteiger charge is 2.22. The summed E-state index contributed by atoms with van der Waals surface area (Å²) in [6, 6.07) is 10.1. The molecule has 1 aliphatic heterocycles. The van der Waals surface area contributed by atoms with Gasteiger partial charge in [-0.1, -0.05) is 12.1 Å². The van der Waals surface area contributed by atoms with Gasteiger partial charge in [-0.25, -0.2) is 9.67 Å². The molecule has 5 heteroatoms. The lowest BCUT2D eigenvalue weighted by Gasteiger charge is -2.15. The first-order valence-electron chi connectivity index (χ1n) is 6.70. The molecule has 4 rings (SSSR count). The molecule has 1 N–H and O–H groups in total. The van der Waals surface area contributed by atoms with Gasteiger partial charge in [-0.15, -0.1) is 11.3 Å². The summed E-state index contributed by atoms with van der Waals surface area (Å²) in [6.07, 6.45) is 2.81. The van der Waals surface area contributed by atoms with Crippen LogP contribution in [0.4, 0.5) is 0 Å². The van der Waals surface area contributed by atoms with Crippen LogP contribution in [0.25, 0.3) is 16.4 Å². The molecule has 0 saturated carbocycles. The number of fused-ring (bicyclic) bond motifs is 1. The van der Waals surface area contributed by atoms with Gasteiger partial charge in [-0.2, -0.15) is 5.10 Å². The lowest BCUT2D eigenvalue weighted by molar-refractivity contribution is 0.620. The van der Waals surface area contributed by atoms with Gasteiger partial charge in [-0.3, -0.25) is 0 Å². The normalized spacial score (nSPS) is 14.2. The summed E-state index contributed by atoms with van der Waals surface area (Å²) >= 11 is 1.73. The zero-order valence-corrected chi connectivity index (χ0v) is 11.7. The molecule has 100 valence electrons. The molecule has 4 nitrogen and oxygen atoms in total. The smallest absolute Gasteiger partial charge is 0.153 e. The first-order chi connectivity index (χ1) is 9.93. The average molecular weight is 282 g/mol. The summed E-state index contributed by atoms with van der Waals surface area (Å²) in [5.74, 6) is 0.897. The van der Waals surface area contributed by atoms with Crippen molar-refractivity contribution in [3.05, 3.63) is 53.2 Å². The molecule has 0 aromatic carbocycles. The summed E-state index contributed by atoms with van der Waals surface area (Å²) in [4.78, 5) is 5.66. The van der Waals surface area contributed by atoms with Gasteiger partial charge < -0.3 is 5.32 Å². The first-order valence-corrected chi connectivity index (χ1v) is 7.58. The van der Waals surface area contributed by atoms with Crippen LogP contribution in [0.1, 0.15) is 11.3 Å². The lowest BCUT2D eigenvalue weighted by Crippen LogP contribution is -2.24. The first kappa shape index (κ1) is 11.8. The van der Waals surface area contributed by atoms with Gasteiger partial charge in [-0.05, 0) is 23.6 Å². The Labute approximate surface area is 121 Å². The molecule has 20 heavy (non-hydrogen) atoms. The molecular formula is C15H14N4S. The van der Waals surface area contributed by atoms with E-state index in [1.165, 1.54) is 16.1 Å². The number of aromatic nitrogens is 3. The second-order valence-corrected chi connectivity index (χ2v) is 5.73. The van der Waals surface area contributed by atoms with Gasteiger partial charge in [0.15, 0.2) is 5.82 Å². The number of hydrogen-bond acceptors (Lipinski definition) is 4. The van der Waals surface area contributed by atoms with Crippen molar-refractivity contribution in [2.75, 3.05) is 6.54 Å². The number of pyridine rings is 1. The van der Waals surface area contributed by atoms with Crippen LogP contribution < -0.4 is 5.32 Å². The third-order valence-electron chi connectivity index (χ3n) is 3.55. The zero-order valence-electron chi connectivity index (χ0n) is 10.9. The second-order valence-electron chi connectivity index (χ2n) is 4.78. The SMILES string of the molecule is c1ccc(-n2nc(-c3cccs3)c3c2CCNC3)nc1. The predicted octanol–water partition coefficient (Wildman–Crippen LogP) is 2.64. The summed E-state index contributed by atoms with van der Waals surface area (Å²) in [5.41, 5.74) is 3.68. The van der Waals surface area contributed by atoms with Gasteiger partial charge in [0.1, 0.15) is 5.69 Å². The molecule has 0 saturated heterocycles. The predicted molar refractivity (Wildman–Crippen MR) is 80.1 cm³/mol. The van der Waals surface area contributed by atoms with Gasteiger partial charge >= 0.3 is 0 Å². The van der Waals surface area contributed by atoms with E-state index in [0.29, 0.717) is 0 Å². The van der Waals surface area contributed by atoms with E-state index in [4.69, 9.17) is 5.10 Å². The fourth-order valence-electron chi connectivity index (χ4n) is 2.63. The Bertz CT molecular complexity index is 716. The Kier molecular flexibility index (Phi) is 2.86. The minimum absolute atomic E-state index is 0.884. The number of nitrogens with zero attached hydrogens (tertiary/aromatic N) is 3.